The molecule has 0 aliphatic heterocycles. The van der Waals surface area contributed by atoms with Crippen molar-refractivity contribution < 1.29 is 9.53 Å². The number of nitrogens with one attached hydrogen (secondary N) is 1. The average Bonchev–Trinajstić information content (AvgIpc) is 2.50. The normalized spacial score (nSPS) is 9.48. The molecule has 2 aromatic rings. The minimum Gasteiger partial charge on any atom is -0.457 e. The second-order valence-electron chi connectivity index (χ2n) is 4.48. The van der Waals surface area contributed by atoms with E-state index in [9.17, 15) is 4.79 Å². The third-order valence-electron chi connectivity index (χ3n) is 2.75. The van der Waals surface area contributed by atoms with E-state index in [0.717, 1.165) is 12.1 Å². The SMILES string of the molecule is CCNC.Cc1ccc(Oc2ccccc2C(N)=O)cc1. The molecule has 21 heavy (non-hydrogen) atoms. The van der Waals surface area contributed by atoms with Gasteiger partial charge in [-0.25, -0.2) is 0 Å². The van der Waals surface area contributed by atoms with Crippen molar-refractivity contribution in [2.24, 2.45) is 5.73 Å². The van der Waals surface area contributed by atoms with Crippen LogP contribution < -0.4 is 15.8 Å². The first kappa shape index (κ1) is 16.7. The predicted molar refractivity (Wildman–Crippen MR) is 85.8 cm³/mol. The summed E-state index contributed by atoms with van der Waals surface area (Å²) < 4.78 is 5.62. The van der Waals surface area contributed by atoms with Gasteiger partial charge in [0.05, 0.1) is 5.56 Å². The van der Waals surface area contributed by atoms with Crippen LogP contribution in [0, 0.1) is 6.92 Å². The maximum atomic E-state index is 11.2. The van der Waals surface area contributed by atoms with Gasteiger partial charge < -0.3 is 15.8 Å². The smallest absolute Gasteiger partial charge is 0.252 e. The van der Waals surface area contributed by atoms with Gasteiger partial charge in [0.25, 0.3) is 5.91 Å². The fourth-order valence-corrected chi connectivity index (χ4v) is 1.49. The number of amides is 1. The van der Waals surface area contributed by atoms with Crippen LogP contribution in [0.4, 0.5) is 0 Å². The van der Waals surface area contributed by atoms with E-state index in [1.54, 1.807) is 24.3 Å². The van der Waals surface area contributed by atoms with Crippen molar-refractivity contribution in [3.8, 4) is 11.5 Å². The summed E-state index contributed by atoms with van der Waals surface area (Å²) in [5.41, 5.74) is 6.81. The molecule has 0 atom stereocenters. The Kier molecular flexibility index (Phi) is 6.98. The summed E-state index contributed by atoms with van der Waals surface area (Å²) in [6.07, 6.45) is 0. The molecule has 0 saturated carbocycles. The number of benzene rings is 2. The highest BCUT2D eigenvalue weighted by atomic mass is 16.5. The van der Waals surface area contributed by atoms with Crippen molar-refractivity contribution in [3.63, 3.8) is 0 Å². The molecule has 1 amide bonds. The number of primary amides is 1. The van der Waals surface area contributed by atoms with Crippen LogP contribution in [0.2, 0.25) is 0 Å². The van der Waals surface area contributed by atoms with Crippen LogP contribution in [0.3, 0.4) is 0 Å². The molecule has 4 nitrogen and oxygen atoms in total. The lowest BCUT2D eigenvalue weighted by atomic mass is 10.2. The number of ether oxygens (including phenoxy) is 1. The number of rotatable bonds is 4. The third kappa shape index (κ3) is 5.67. The Morgan fingerprint density at radius 2 is 1.71 bits per heavy atom. The Balaban J connectivity index is 0.000000491. The predicted octanol–water partition coefficient (Wildman–Crippen LogP) is 3.11. The van der Waals surface area contributed by atoms with Gasteiger partial charge in [-0.15, -0.1) is 0 Å². The molecule has 0 aliphatic rings. The van der Waals surface area contributed by atoms with E-state index in [-0.39, 0.29) is 0 Å². The Morgan fingerprint density at radius 3 is 2.24 bits per heavy atom. The number of carbonyl (C=O) groups excluding carboxylic acids is 1. The van der Waals surface area contributed by atoms with Crippen molar-refractivity contribution in [2.75, 3.05) is 13.6 Å². The highest BCUT2D eigenvalue weighted by Crippen LogP contribution is 2.24. The first-order valence-corrected chi connectivity index (χ1v) is 6.86. The van der Waals surface area contributed by atoms with Crippen LogP contribution in [-0.2, 0) is 0 Å². The van der Waals surface area contributed by atoms with Crippen molar-refractivity contribution in [1.82, 2.24) is 5.32 Å². The first-order chi connectivity index (χ1) is 10.1. The van der Waals surface area contributed by atoms with Gasteiger partial charge in [-0.1, -0.05) is 36.8 Å². The molecule has 0 radical (unpaired) electrons. The molecule has 4 heteroatoms. The highest BCUT2D eigenvalue weighted by molar-refractivity contribution is 5.95. The zero-order valence-electron chi connectivity index (χ0n) is 12.7. The number of para-hydroxylation sites is 1. The Hall–Kier alpha value is -2.33. The fourth-order valence-electron chi connectivity index (χ4n) is 1.49. The molecule has 0 spiro atoms. The molecule has 0 aromatic heterocycles. The summed E-state index contributed by atoms with van der Waals surface area (Å²) >= 11 is 0. The summed E-state index contributed by atoms with van der Waals surface area (Å²) in [5.74, 6) is 0.667. The minimum atomic E-state index is -0.493. The standard InChI is InChI=1S/C14H13NO2.C3H9N/c1-10-6-8-11(9-7-10)17-13-5-3-2-4-12(13)14(15)16;1-3-4-2/h2-9H,1H3,(H2,15,16);4H,3H2,1-2H3. The van der Waals surface area contributed by atoms with Crippen LogP contribution in [0.1, 0.15) is 22.8 Å². The molecule has 2 aromatic carbocycles. The molecule has 0 heterocycles. The zero-order chi connectivity index (χ0) is 15.7. The molecule has 3 N–H and O–H groups in total. The van der Waals surface area contributed by atoms with E-state index < -0.39 is 5.91 Å². The zero-order valence-corrected chi connectivity index (χ0v) is 12.7. The molecule has 112 valence electrons. The van der Waals surface area contributed by atoms with E-state index in [0.29, 0.717) is 17.1 Å². The lowest BCUT2D eigenvalue weighted by Gasteiger charge is -2.08. The first-order valence-electron chi connectivity index (χ1n) is 6.86. The number of carbonyl (C=O) groups is 1. The quantitative estimate of drug-likeness (QED) is 0.907. The molecule has 0 unspecified atom stereocenters. The van der Waals surface area contributed by atoms with Crippen molar-refractivity contribution in [3.05, 3.63) is 59.7 Å². The van der Waals surface area contributed by atoms with Gasteiger partial charge in [0.2, 0.25) is 0 Å². The van der Waals surface area contributed by atoms with E-state index in [2.05, 4.69) is 12.2 Å². The molecule has 2 rings (SSSR count). The van der Waals surface area contributed by atoms with Gasteiger partial charge in [-0.2, -0.15) is 0 Å². The summed E-state index contributed by atoms with van der Waals surface area (Å²) in [6, 6.07) is 14.5. The van der Waals surface area contributed by atoms with Crippen LogP contribution >= 0.6 is 0 Å². The van der Waals surface area contributed by atoms with Gasteiger partial charge in [0.15, 0.2) is 0 Å². The van der Waals surface area contributed by atoms with Crippen LogP contribution in [0.5, 0.6) is 11.5 Å². The number of nitrogens with two attached hydrogens (primary N) is 1. The van der Waals surface area contributed by atoms with E-state index in [1.807, 2.05) is 38.2 Å². The van der Waals surface area contributed by atoms with Crippen molar-refractivity contribution in [1.29, 1.82) is 0 Å². The van der Waals surface area contributed by atoms with Gasteiger partial charge in [0.1, 0.15) is 11.5 Å². The van der Waals surface area contributed by atoms with Crippen LogP contribution in [0.25, 0.3) is 0 Å². The Bertz CT molecular complexity index is 563. The van der Waals surface area contributed by atoms with Crippen LogP contribution in [-0.4, -0.2) is 19.5 Å². The maximum Gasteiger partial charge on any atom is 0.252 e. The highest BCUT2D eigenvalue weighted by Gasteiger charge is 2.08. The summed E-state index contributed by atoms with van der Waals surface area (Å²) in [4.78, 5) is 11.2. The van der Waals surface area contributed by atoms with E-state index in [1.165, 1.54) is 0 Å². The van der Waals surface area contributed by atoms with Crippen LogP contribution in [0.15, 0.2) is 48.5 Å². The monoisotopic (exact) mass is 286 g/mol. The van der Waals surface area contributed by atoms with Gasteiger partial charge in [0, 0.05) is 0 Å². The average molecular weight is 286 g/mol. The maximum absolute atomic E-state index is 11.2. The lowest BCUT2D eigenvalue weighted by molar-refractivity contribution is 0.0998. The van der Waals surface area contributed by atoms with Gasteiger partial charge in [-0.3, -0.25) is 4.79 Å². The number of hydrogen-bond acceptors (Lipinski definition) is 3. The Labute approximate surface area is 125 Å². The molecule has 0 saturated heterocycles. The summed E-state index contributed by atoms with van der Waals surface area (Å²) in [6.45, 7) is 5.14. The summed E-state index contributed by atoms with van der Waals surface area (Å²) in [5, 5.41) is 2.93. The molecular weight excluding hydrogens is 264 g/mol. The van der Waals surface area contributed by atoms with Crippen molar-refractivity contribution in [2.45, 2.75) is 13.8 Å². The third-order valence-corrected chi connectivity index (χ3v) is 2.75. The molecule has 0 fully saturated rings. The van der Waals surface area contributed by atoms with E-state index >= 15 is 0 Å². The largest absolute Gasteiger partial charge is 0.457 e. The molecular formula is C17H22N2O2. The Morgan fingerprint density at radius 1 is 1.14 bits per heavy atom. The minimum absolute atomic E-state index is 0.382. The van der Waals surface area contributed by atoms with Gasteiger partial charge >= 0.3 is 0 Å². The van der Waals surface area contributed by atoms with Gasteiger partial charge in [-0.05, 0) is 44.8 Å². The number of hydrogen-bond donors (Lipinski definition) is 2. The fraction of sp³-hybridized carbons (Fsp3) is 0.235. The summed E-state index contributed by atoms with van der Waals surface area (Å²) in [7, 11) is 1.93. The van der Waals surface area contributed by atoms with Crippen molar-refractivity contribution >= 4 is 5.91 Å². The number of aryl methyl sites for hydroxylation is 1. The second-order valence-corrected chi connectivity index (χ2v) is 4.48. The molecule has 0 bridgehead atoms. The molecule has 0 aliphatic carbocycles. The van der Waals surface area contributed by atoms with E-state index in [4.69, 9.17) is 10.5 Å². The second kappa shape index (κ2) is 8.76. The topological polar surface area (TPSA) is 64.3 Å². The lowest BCUT2D eigenvalue weighted by Crippen LogP contribution is -2.11.